The lowest BCUT2D eigenvalue weighted by Crippen LogP contribution is -2.62. The molecule has 0 aliphatic carbocycles. The summed E-state index contributed by atoms with van der Waals surface area (Å²) < 4.78 is 11.8. The summed E-state index contributed by atoms with van der Waals surface area (Å²) in [4.78, 5) is 45.0. The van der Waals surface area contributed by atoms with Crippen molar-refractivity contribution < 1.29 is 23.9 Å². The fourth-order valence-electron chi connectivity index (χ4n) is 4.59. The minimum Gasteiger partial charge on any atom is -0.444 e. The number of hydrogen-bond acceptors (Lipinski definition) is 5. The van der Waals surface area contributed by atoms with Crippen molar-refractivity contribution in [2.75, 3.05) is 19.6 Å². The number of carbonyl (C=O) groups is 3. The molecule has 1 aromatic rings. The van der Waals surface area contributed by atoms with Gasteiger partial charge in [-0.25, -0.2) is 4.79 Å². The first-order chi connectivity index (χ1) is 16.1. The molecule has 3 unspecified atom stereocenters. The zero-order valence-electron chi connectivity index (χ0n) is 21.2. The van der Waals surface area contributed by atoms with Crippen molar-refractivity contribution in [2.24, 2.45) is 0 Å². The van der Waals surface area contributed by atoms with Gasteiger partial charge in [-0.1, -0.05) is 30.3 Å². The van der Waals surface area contributed by atoms with Crippen LogP contribution in [0.1, 0.15) is 65.9 Å². The molecule has 3 atom stereocenters. The second kappa shape index (κ2) is 11.2. The van der Waals surface area contributed by atoms with E-state index in [0.717, 1.165) is 18.4 Å². The van der Waals surface area contributed by atoms with Crippen LogP contribution in [0, 0.1) is 0 Å². The SMILES string of the molecule is CC(OCc1ccccc1)C(C(=O)N1CCCC1)N1C(=O)CCCN(C(=O)OC(C)(C)C)C1C. The second-order valence-electron chi connectivity index (χ2n) is 10.2. The first kappa shape index (κ1) is 26.0. The van der Waals surface area contributed by atoms with Gasteiger partial charge < -0.3 is 19.3 Å². The Kier molecular flexibility index (Phi) is 8.57. The fourth-order valence-corrected chi connectivity index (χ4v) is 4.59. The summed E-state index contributed by atoms with van der Waals surface area (Å²) in [5.74, 6) is -0.268. The van der Waals surface area contributed by atoms with Gasteiger partial charge in [0.05, 0.1) is 12.7 Å². The second-order valence-corrected chi connectivity index (χ2v) is 10.2. The minimum atomic E-state index is -0.827. The van der Waals surface area contributed by atoms with E-state index in [4.69, 9.17) is 9.47 Å². The summed E-state index contributed by atoms with van der Waals surface area (Å²) in [6.07, 6.45) is 1.00. The Hall–Kier alpha value is -2.61. The molecule has 1 aromatic carbocycles. The van der Waals surface area contributed by atoms with Gasteiger partial charge in [0.15, 0.2) is 0 Å². The molecule has 2 saturated heterocycles. The van der Waals surface area contributed by atoms with Crippen molar-refractivity contribution in [1.29, 1.82) is 0 Å². The van der Waals surface area contributed by atoms with Gasteiger partial charge in [-0.15, -0.1) is 0 Å². The molecule has 2 heterocycles. The average Bonchev–Trinajstić information content (AvgIpc) is 3.27. The van der Waals surface area contributed by atoms with Gasteiger partial charge in [0.1, 0.15) is 17.8 Å². The highest BCUT2D eigenvalue weighted by atomic mass is 16.6. The molecule has 0 bridgehead atoms. The summed E-state index contributed by atoms with van der Waals surface area (Å²) >= 11 is 0. The molecular formula is C26H39N3O5. The maximum absolute atomic E-state index is 13.7. The van der Waals surface area contributed by atoms with E-state index in [1.165, 1.54) is 0 Å². The molecule has 2 fully saturated rings. The largest absolute Gasteiger partial charge is 0.444 e. The van der Waals surface area contributed by atoms with Crippen LogP contribution < -0.4 is 0 Å². The van der Waals surface area contributed by atoms with Crippen LogP contribution in [0.15, 0.2) is 30.3 Å². The van der Waals surface area contributed by atoms with E-state index >= 15 is 0 Å². The molecule has 188 valence electrons. The number of rotatable bonds is 6. The van der Waals surface area contributed by atoms with Crippen LogP contribution in [0.25, 0.3) is 0 Å². The number of likely N-dealkylation sites (tertiary alicyclic amines) is 1. The van der Waals surface area contributed by atoms with Crippen LogP contribution in [0.5, 0.6) is 0 Å². The van der Waals surface area contributed by atoms with Crippen LogP contribution in [0.2, 0.25) is 0 Å². The summed E-state index contributed by atoms with van der Waals surface area (Å²) in [5.41, 5.74) is 0.335. The number of amides is 3. The summed E-state index contributed by atoms with van der Waals surface area (Å²) in [6, 6.07) is 8.93. The Morgan fingerprint density at radius 1 is 1.06 bits per heavy atom. The van der Waals surface area contributed by atoms with E-state index in [2.05, 4.69) is 0 Å². The van der Waals surface area contributed by atoms with Gasteiger partial charge in [0, 0.05) is 26.1 Å². The van der Waals surface area contributed by atoms with Gasteiger partial charge in [0.25, 0.3) is 0 Å². The third kappa shape index (κ3) is 6.50. The summed E-state index contributed by atoms with van der Waals surface area (Å²) in [5, 5.41) is 0. The third-order valence-corrected chi connectivity index (χ3v) is 6.33. The predicted molar refractivity (Wildman–Crippen MR) is 129 cm³/mol. The average molecular weight is 474 g/mol. The van der Waals surface area contributed by atoms with Crippen LogP contribution in [0.3, 0.4) is 0 Å². The molecule has 34 heavy (non-hydrogen) atoms. The van der Waals surface area contributed by atoms with E-state index < -0.39 is 30.0 Å². The predicted octanol–water partition coefficient (Wildman–Crippen LogP) is 3.79. The fraction of sp³-hybridized carbons (Fsp3) is 0.654. The van der Waals surface area contributed by atoms with Crippen molar-refractivity contribution >= 4 is 17.9 Å². The van der Waals surface area contributed by atoms with Crippen molar-refractivity contribution in [2.45, 2.75) is 90.8 Å². The molecule has 0 aromatic heterocycles. The Bertz CT molecular complexity index is 848. The van der Waals surface area contributed by atoms with Crippen LogP contribution in [-0.4, -0.2) is 76.2 Å². The molecule has 0 radical (unpaired) electrons. The lowest BCUT2D eigenvalue weighted by molar-refractivity contribution is -0.157. The van der Waals surface area contributed by atoms with E-state index in [1.807, 2.05) is 62.9 Å². The molecule has 3 rings (SSSR count). The first-order valence-electron chi connectivity index (χ1n) is 12.3. The normalized spacial score (nSPS) is 21.3. The monoisotopic (exact) mass is 473 g/mol. The molecule has 8 nitrogen and oxygen atoms in total. The molecule has 2 aliphatic heterocycles. The Labute approximate surface area is 203 Å². The summed E-state index contributed by atoms with van der Waals surface area (Å²) in [6.45, 7) is 11.1. The number of ether oxygens (including phenoxy) is 2. The van der Waals surface area contributed by atoms with E-state index in [9.17, 15) is 14.4 Å². The highest BCUT2D eigenvalue weighted by Gasteiger charge is 2.44. The highest BCUT2D eigenvalue weighted by Crippen LogP contribution is 2.26. The molecule has 3 amide bonds. The Morgan fingerprint density at radius 2 is 1.71 bits per heavy atom. The quantitative estimate of drug-likeness (QED) is 0.628. The van der Waals surface area contributed by atoms with Gasteiger partial charge in [0.2, 0.25) is 11.8 Å². The van der Waals surface area contributed by atoms with Gasteiger partial charge in [-0.05, 0) is 59.4 Å². The van der Waals surface area contributed by atoms with Crippen molar-refractivity contribution in [3.63, 3.8) is 0 Å². The zero-order chi connectivity index (χ0) is 24.9. The van der Waals surface area contributed by atoms with Gasteiger partial charge in [-0.2, -0.15) is 0 Å². The third-order valence-electron chi connectivity index (χ3n) is 6.33. The van der Waals surface area contributed by atoms with Crippen molar-refractivity contribution in [3.8, 4) is 0 Å². The topological polar surface area (TPSA) is 79.4 Å². The zero-order valence-corrected chi connectivity index (χ0v) is 21.2. The standard InChI is InChI=1S/C26H39N3O5/c1-19(33-18-21-12-7-6-8-13-21)23(24(31)27-15-9-10-16-27)29-20(2)28(17-11-14-22(29)30)25(32)34-26(3,4)5/h6-8,12-13,19-20,23H,9-11,14-18H2,1-5H3. The highest BCUT2D eigenvalue weighted by molar-refractivity contribution is 5.89. The van der Waals surface area contributed by atoms with Crippen molar-refractivity contribution in [3.05, 3.63) is 35.9 Å². The maximum Gasteiger partial charge on any atom is 0.411 e. The molecule has 0 saturated carbocycles. The van der Waals surface area contributed by atoms with Crippen LogP contribution in [-0.2, 0) is 25.7 Å². The van der Waals surface area contributed by atoms with E-state index in [-0.39, 0.29) is 18.2 Å². The minimum absolute atomic E-state index is 0.121. The molecule has 0 spiro atoms. The molecule has 2 aliphatic rings. The number of hydrogen-bond donors (Lipinski definition) is 0. The maximum atomic E-state index is 13.7. The van der Waals surface area contributed by atoms with Gasteiger partial charge >= 0.3 is 6.09 Å². The molecular weight excluding hydrogens is 434 g/mol. The number of nitrogens with zero attached hydrogens (tertiary/aromatic N) is 3. The number of benzene rings is 1. The Balaban J connectivity index is 1.88. The van der Waals surface area contributed by atoms with E-state index in [1.54, 1.807) is 16.7 Å². The summed E-state index contributed by atoms with van der Waals surface area (Å²) in [7, 11) is 0. The first-order valence-corrected chi connectivity index (χ1v) is 12.3. The van der Waals surface area contributed by atoms with Crippen LogP contribution >= 0.6 is 0 Å². The number of carbonyl (C=O) groups excluding carboxylic acids is 3. The van der Waals surface area contributed by atoms with Crippen molar-refractivity contribution in [1.82, 2.24) is 14.7 Å². The smallest absolute Gasteiger partial charge is 0.411 e. The van der Waals surface area contributed by atoms with Crippen LogP contribution in [0.4, 0.5) is 4.79 Å². The molecule has 8 heteroatoms. The molecule has 0 N–H and O–H groups in total. The lowest BCUT2D eigenvalue weighted by atomic mass is 10.1. The Morgan fingerprint density at radius 3 is 2.32 bits per heavy atom. The van der Waals surface area contributed by atoms with E-state index in [0.29, 0.717) is 32.7 Å². The lowest BCUT2D eigenvalue weighted by Gasteiger charge is -2.42. The van der Waals surface area contributed by atoms with Gasteiger partial charge in [-0.3, -0.25) is 14.5 Å².